The number of amides is 1. The molecular weight excluding hydrogens is 358 g/mol. The van der Waals surface area contributed by atoms with Crippen molar-refractivity contribution >= 4 is 17.7 Å². The molecule has 0 bridgehead atoms. The highest BCUT2D eigenvalue weighted by molar-refractivity contribution is 5.93. The van der Waals surface area contributed by atoms with Gasteiger partial charge in [0, 0.05) is 29.3 Å². The molecule has 1 amide bonds. The van der Waals surface area contributed by atoms with Crippen LogP contribution in [0.25, 0.3) is 11.1 Å². The molecule has 0 radical (unpaired) electrons. The van der Waals surface area contributed by atoms with E-state index in [4.69, 9.17) is 26.7 Å². The number of primary amides is 1. The lowest BCUT2D eigenvalue weighted by molar-refractivity contribution is 0.100. The number of rotatable bonds is 6. The summed E-state index contributed by atoms with van der Waals surface area (Å²) in [6, 6.07) is 10.8. The molecule has 0 saturated carbocycles. The molecule has 0 aliphatic carbocycles. The number of methoxy groups -OCH3 is 2. The summed E-state index contributed by atoms with van der Waals surface area (Å²) in [5.74, 6) is 1.13. The second-order valence-electron chi connectivity index (χ2n) is 6.14. The zero-order valence-corrected chi connectivity index (χ0v) is 15.6. The van der Waals surface area contributed by atoms with Gasteiger partial charge in [0.15, 0.2) is 11.5 Å². The van der Waals surface area contributed by atoms with Crippen LogP contribution in [0.1, 0.15) is 21.5 Å². The van der Waals surface area contributed by atoms with E-state index in [0.717, 1.165) is 22.3 Å². The number of anilines is 2. The van der Waals surface area contributed by atoms with E-state index in [9.17, 15) is 4.79 Å². The summed E-state index contributed by atoms with van der Waals surface area (Å²) < 4.78 is 11.1. The lowest BCUT2D eigenvalue weighted by Gasteiger charge is -2.16. The molecule has 0 aliphatic heterocycles. The molecule has 144 valence electrons. The summed E-state index contributed by atoms with van der Waals surface area (Å²) in [5, 5.41) is 0. The Morgan fingerprint density at radius 2 is 1.79 bits per heavy atom. The molecule has 0 fully saturated rings. The minimum atomic E-state index is -0.483. The van der Waals surface area contributed by atoms with Gasteiger partial charge < -0.3 is 26.7 Å². The van der Waals surface area contributed by atoms with Crippen molar-refractivity contribution in [2.75, 3.05) is 25.7 Å². The Balaban J connectivity index is 2.07. The Morgan fingerprint density at radius 3 is 2.36 bits per heavy atom. The van der Waals surface area contributed by atoms with Crippen LogP contribution in [0, 0.1) is 0 Å². The summed E-state index contributed by atoms with van der Waals surface area (Å²) in [6.45, 7) is 0. The molecule has 1 heterocycles. The number of nitrogen functional groups attached to an aromatic ring is 2. The SMILES string of the molecule is COc1cc(Cc2cnc(N)nc2N)cc(-c2ccc(C(N)=O)cc2)c1OC. The van der Waals surface area contributed by atoms with Gasteiger partial charge in [0.1, 0.15) is 5.82 Å². The Morgan fingerprint density at radius 1 is 1.07 bits per heavy atom. The van der Waals surface area contributed by atoms with Crippen LogP contribution in [0.3, 0.4) is 0 Å². The van der Waals surface area contributed by atoms with Gasteiger partial charge in [-0.2, -0.15) is 4.98 Å². The van der Waals surface area contributed by atoms with Crippen molar-refractivity contribution in [3.8, 4) is 22.6 Å². The van der Waals surface area contributed by atoms with Gasteiger partial charge in [0.25, 0.3) is 0 Å². The van der Waals surface area contributed by atoms with Crippen LogP contribution in [0.15, 0.2) is 42.6 Å². The predicted octanol–water partition coefficient (Wildman–Crippen LogP) is 2.01. The number of nitrogens with two attached hydrogens (primary N) is 3. The number of hydrogen-bond acceptors (Lipinski definition) is 7. The summed E-state index contributed by atoms with van der Waals surface area (Å²) in [6.07, 6.45) is 2.09. The van der Waals surface area contributed by atoms with Crippen molar-refractivity contribution in [3.05, 3.63) is 59.3 Å². The van der Waals surface area contributed by atoms with Gasteiger partial charge in [-0.3, -0.25) is 4.79 Å². The van der Waals surface area contributed by atoms with Gasteiger partial charge in [-0.25, -0.2) is 4.98 Å². The maximum absolute atomic E-state index is 11.3. The molecule has 0 saturated heterocycles. The number of benzene rings is 2. The molecule has 3 rings (SSSR count). The number of carbonyl (C=O) groups excluding carboxylic acids is 1. The molecule has 8 nitrogen and oxygen atoms in total. The van der Waals surface area contributed by atoms with Gasteiger partial charge in [-0.1, -0.05) is 12.1 Å². The maximum atomic E-state index is 11.3. The highest BCUT2D eigenvalue weighted by Gasteiger charge is 2.16. The summed E-state index contributed by atoms with van der Waals surface area (Å²) >= 11 is 0. The molecule has 0 aliphatic rings. The number of hydrogen-bond donors (Lipinski definition) is 3. The lowest BCUT2D eigenvalue weighted by Crippen LogP contribution is -2.10. The fraction of sp³-hybridized carbons (Fsp3) is 0.150. The third-order valence-electron chi connectivity index (χ3n) is 4.33. The summed E-state index contributed by atoms with van der Waals surface area (Å²) in [4.78, 5) is 19.3. The molecule has 0 unspecified atom stereocenters. The Kier molecular flexibility index (Phi) is 5.30. The fourth-order valence-electron chi connectivity index (χ4n) is 2.94. The van der Waals surface area contributed by atoms with Crippen molar-refractivity contribution in [1.82, 2.24) is 9.97 Å². The number of ether oxygens (including phenoxy) is 2. The number of aromatic nitrogens is 2. The molecular formula is C20H21N5O3. The van der Waals surface area contributed by atoms with E-state index in [1.807, 2.05) is 24.3 Å². The van der Waals surface area contributed by atoms with E-state index < -0.39 is 5.91 Å². The van der Waals surface area contributed by atoms with Crippen LogP contribution in [-0.2, 0) is 6.42 Å². The normalized spacial score (nSPS) is 10.5. The molecule has 28 heavy (non-hydrogen) atoms. The first-order valence-corrected chi connectivity index (χ1v) is 8.45. The average molecular weight is 379 g/mol. The third-order valence-corrected chi connectivity index (χ3v) is 4.33. The highest BCUT2D eigenvalue weighted by atomic mass is 16.5. The van der Waals surface area contributed by atoms with Crippen molar-refractivity contribution in [3.63, 3.8) is 0 Å². The van der Waals surface area contributed by atoms with Crippen LogP contribution in [0.4, 0.5) is 11.8 Å². The zero-order chi connectivity index (χ0) is 20.3. The molecule has 6 N–H and O–H groups in total. The molecule has 0 atom stereocenters. The largest absolute Gasteiger partial charge is 0.493 e. The third kappa shape index (κ3) is 3.80. The van der Waals surface area contributed by atoms with Crippen LogP contribution in [0.5, 0.6) is 11.5 Å². The topological polar surface area (TPSA) is 139 Å². The van der Waals surface area contributed by atoms with E-state index in [0.29, 0.717) is 29.3 Å². The van der Waals surface area contributed by atoms with E-state index in [1.54, 1.807) is 32.5 Å². The van der Waals surface area contributed by atoms with Crippen LogP contribution >= 0.6 is 0 Å². The first-order chi connectivity index (χ1) is 13.4. The zero-order valence-electron chi connectivity index (χ0n) is 15.6. The van der Waals surface area contributed by atoms with E-state index in [-0.39, 0.29) is 5.95 Å². The molecule has 1 aromatic heterocycles. The van der Waals surface area contributed by atoms with Crippen molar-refractivity contribution < 1.29 is 14.3 Å². The molecule has 0 spiro atoms. The van der Waals surface area contributed by atoms with Crippen molar-refractivity contribution in [1.29, 1.82) is 0 Å². The van der Waals surface area contributed by atoms with Crippen LogP contribution < -0.4 is 26.7 Å². The van der Waals surface area contributed by atoms with Crippen molar-refractivity contribution in [2.45, 2.75) is 6.42 Å². The van der Waals surface area contributed by atoms with E-state index >= 15 is 0 Å². The smallest absolute Gasteiger partial charge is 0.248 e. The molecule has 2 aromatic carbocycles. The van der Waals surface area contributed by atoms with E-state index in [2.05, 4.69) is 9.97 Å². The van der Waals surface area contributed by atoms with Gasteiger partial charge in [-0.05, 0) is 35.4 Å². The minimum Gasteiger partial charge on any atom is -0.493 e. The Bertz CT molecular complexity index is 1020. The van der Waals surface area contributed by atoms with Crippen molar-refractivity contribution in [2.24, 2.45) is 5.73 Å². The molecule has 3 aromatic rings. The number of nitrogens with zero attached hydrogens (tertiary/aromatic N) is 2. The van der Waals surface area contributed by atoms with Gasteiger partial charge in [0.2, 0.25) is 11.9 Å². The van der Waals surface area contributed by atoms with Crippen LogP contribution in [0.2, 0.25) is 0 Å². The first-order valence-electron chi connectivity index (χ1n) is 8.45. The number of carbonyl (C=O) groups is 1. The second kappa shape index (κ2) is 7.83. The van der Waals surface area contributed by atoms with Gasteiger partial charge >= 0.3 is 0 Å². The minimum absolute atomic E-state index is 0.129. The lowest BCUT2D eigenvalue weighted by atomic mass is 9.97. The summed E-state index contributed by atoms with van der Waals surface area (Å²) in [5.41, 5.74) is 20.6. The van der Waals surface area contributed by atoms with E-state index in [1.165, 1.54) is 0 Å². The highest BCUT2D eigenvalue weighted by Crippen LogP contribution is 2.40. The van der Waals surface area contributed by atoms with Gasteiger partial charge in [0.05, 0.1) is 14.2 Å². The second-order valence-corrected chi connectivity index (χ2v) is 6.14. The quantitative estimate of drug-likeness (QED) is 0.595. The maximum Gasteiger partial charge on any atom is 0.248 e. The fourth-order valence-corrected chi connectivity index (χ4v) is 2.94. The molecule has 8 heteroatoms. The average Bonchev–Trinajstić information content (AvgIpc) is 2.69. The van der Waals surface area contributed by atoms with Crippen LogP contribution in [-0.4, -0.2) is 30.1 Å². The predicted molar refractivity (Wildman–Crippen MR) is 107 cm³/mol. The Labute approximate surface area is 162 Å². The van der Waals surface area contributed by atoms with Gasteiger partial charge in [-0.15, -0.1) is 0 Å². The standard InChI is InChI=1S/C20H21N5O3/c1-27-16-9-11(7-14-10-24-20(23)25-18(14)21)8-15(17(16)28-2)12-3-5-13(6-4-12)19(22)26/h3-6,8-10H,7H2,1-2H3,(H2,22,26)(H4,21,23,24,25). The monoisotopic (exact) mass is 379 g/mol. The summed E-state index contributed by atoms with van der Waals surface area (Å²) in [7, 11) is 3.15. The Hall–Kier alpha value is -3.81. The first kappa shape index (κ1) is 19.0.